The van der Waals surface area contributed by atoms with Gasteiger partial charge in [-0.3, -0.25) is 19.2 Å². The van der Waals surface area contributed by atoms with Gasteiger partial charge in [0.1, 0.15) is 41.7 Å². The number of phenolic OH excluding ortho intramolecular Hbond substituents is 3. The van der Waals surface area contributed by atoms with Crippen LogP contribution in [-0.2, 0) is 86.5 Å². The Labute approximate surface area is 819 Å². The summed E-state index contributed by atoms with van der Waals surface area (Å²) >= 11 is 0. The highest BCUT2D eigenvalue weighted by Crippen LogP contribution is 2.50. The number of esters is 4. The van der Waals surface area contributed by atoms with E-state index in [1.807, 2.05) is 55.4 Å². The third kappa shape index (κ3) is 38.6. The number of carbonyl (C=O) groups excluding carboxylic acids is 4. The number of nitrogens with zero attached hydrogens (tertiary/aromatic N) is 2. The smallest absolute Gasteiger partial charge is 0.306 e. The fourth-order valence-corrected chi connectivity index (χ4v) is 22.5. The molecule has 0 radical (unpaired) electrons. The summed E-state index contributed by atoms with van der Waals surface area (Å²) < 4.78 is 34.8. The first-order chi connectivity index (χ1) is 61.2. The van der Waals surface area contributed by atoms with Gasteiger partial charge in [-0.05, 0) is 272 Å². The monoisotopic (exact) mass is 1880 g/mol. The van der Waals surface area contributed by atoms with Crippen LogP contribution in [0.4, 0.5) is 0 Å². The third-order valence-electron chi connectivity index (χ3n) is 28.4. The molecule has 6 fully saturated rings. The minimum atomic E-state index is -0.507. The zero-order valence-electron chi connectivity index (χ0n) is 92.5. The van der Waals surface area contributed by atoms with Gasteiger partial charge in [0.25, 0.3) is 0 Å². The maximum absolute atomic E-state index is 12.3. The summed E-state index contributed by atoms with van der Waals surface area (Å²) in [7, 11) is 0. The van der Waals surface area contributed by atoms with Crippen LogP contribution in [0, 0.1) is 22.7 Å². The normalized spacial score (nSPS) is 22.3. The topological polar surface area (TPSA) is 243 Å². The molecule has 9 rings (SSSR count). The molecule has 772 valence electrons. The lowest BCUT2D eigenvalue weighted by Crippen LogP contribution is -2.60. The number of nitrogens with one attached hydrogen (secondary N) is 1. The van der Waals surface area contributed by atoms with E-state index in [4.69, 9.17) is 28.4 Å². The molecule has 0 amide bonds. The molecule has 134 heavy (non-hydrogen) atoms. The van der Waals surface area contributed by atoms with Crippen molar-refractivity contribution in [2.24, 2.45) is 22.7 Å². The van der Waals surface area contributed by atoms with Crippen molar-refractivity contribution >= 4 is 23.9 Å². The zero-order chi connectivity index (χ0) is 102. The average Bonchev–Trinajstić information content (AvgIpc) is 0.775. The van der Waals surface area contributed by atoms with Crippen LogP contribution >= 0.6 is 0 Å². The van der Waals surface area contributed by atoms with Crippen molar-refractivity contribution in [1.82, 2.24) is 15.4 Å². The van der Waals surface area contributed by atoms with Crippen LogP contribution in [0.1, 0.15) is 525 Å². The molecule has 0 aromatic heterocycles. The standard InChI is InChI=1S/C29H53NO4.C23H38O.C22H40N2O6.C21H34O3.C21H36O.H2/c1-26(2)17-22(18-27(3,4)21-26)33-24(31)15-13-11-9-10-12-14-16-25(32)34-23-19-28(5,6)30-29(7,8)20-23;1-8-9-16-10-12-17(13-11-16)18-14-19(22(2,3)4)21(24)20(15-18)23(5,6)7;1-19(2)11-15(12-20(3,4)23(19)27)29-17(25)9-10-18(26)30-16-13-21(5,6)24(28)22(7,8)14-16;1-8-9-14-12-23-19(24-13-14)15-10-16(20(2,3)4)18(22)17(11-15)21(5,6)7;1-8-9-10-11-12-13-16-14-17(20(2,3)4)19(22)18(15-16)21(5,6)7;/h22-23,30H,9-21H2,1-8H3;14-17,24H,8-13H2,1-7H3;15-16,27-28H,9-14H2,1-8H3;10-11,14,19,22H,8-9,12-13H2,1-7H3;14-15,22H,8-13H2,1-7H3;1H. The second-order valence-corrected chi connectivity index (χ2v) is 53.3. The zero-order valence-corrected chi connectivity index (χ0v) is 92.5. The van der Waals surface area contributed by atoms with Gasteiger partial charge in [0, 0.05) is 97.5 Å². The molecule has 3 aromatic rings. The Balaban J connectivity index is 0.000000355. The van der Waals surface area contributed by atoms with E-state index in [1.165, 1.54) is 98.3 Å². The lowest BCUT2D eigenvalue weighted by Gasteiger charge is -2.51. The first kappa shape index (κ1) is 119. The van der Waals surface area contributed by atoms with Crippen LogP contribution in [0.3, 0.4) is 0 Å². The summed E-state index contributed by atoms with van der Waals surface area (Å²) in [6, 6.07) is 13.2. The van der Waals surface area contributed by atoms with Gasteiger partial charge in [-0.25, -0.2) is 0 Å². The number of rotatable bonds is 28. The van der Waals surface area contributed by atoms with Crippen LogP contribution in [0.15, 0.2) is 36.4 Å². The summed E-state index contributed by atoms with van der Waals surface area (Å²) in [5, 5.41) is 59.4. The lowest BCUT2D eigenvalue weighted by molar-refractivity contribution is -0.260. The fraction of sp³-hybridized carbons (Fsp3) is 0.810. The molecule has 0 unspecified atom stereocenters. The van der Waals surface area contributed by atoms with Crippen molar-refractivity contribution in [2.45, 2.75) is 570 Å². The maximum atomic E-state index is 12.3. The third-order valence-corrected chi connectivity index (χ3v) is 28.4. The van der Waals surface area contributed by atoms with Crippen LogP contribution in [0.5, 0.6) is 17.2 Å². The van der Waals surface area contributed by atoms with Crippen LogP contribution in [0.25, 0.3) is 0 Å². The van der Waals surface area contributed by atoms with E-state index in [0.29, 0.717) is 67.6 Å². The number of carbonyl (C=O) groups is 4. The number of aryl methyl sites for hydroxylation is 1. The molecule has 2 aliphatic carbocycles. The van der Waals surface area contributed by atoms with Gasteiger partial charge in [0.15, 0.2) is 6.29 Å². The second-order valence-electron chi connectivity index (χ2n) is 53.3. The highest BCUT2D eigenvalue weighted by Gasteiger charge is 2.49. The molecule has 6 aliphatic rings. The van der Waals surface area contributed by atoms with Crippen molar-refractivity contribution in [2.75, 3.05) is 13.2 Å². The summed E-state index contributed by atoms with van der Waals surface area (Å²) in [5.74, 6) is 2.55. The highest BCUT2D eigenvalue weighted by atomic mass is 16.7. The molecule has 4 heterocycles. The number of hydrogen-bond acceptors (Lipinski definition) is 18. The van der Waals surface area contributed by atoms with Gasteiger partial charge in [-0.15, -0.1) is 0 Å². The highest BCUT2D eigenvalue weighted by molar-refractivity contribution is 5.78. The second kappa shape index (κ2) is 48.9. The quantitative estimate of drug-likeness (QED) is 0.0225. The van der Waals surface area contributed by atoms with E-state index in [1.54, 1.807) is 0 Å². The van der Waals surface area contributed by atoms with Crippen molar-refractivity contribution in [3.63, 3.8) is 0 Å². The number of benzene rings is 3. The van der Waals surface area contributed by atoms with Crippen molar-refractivity contribution < 1.29 is 74.8 Å². The Bertz CT molecular complexity index is 3760. The Hall–Kier alpha value is -5.34. The summed E-state index contributed by atoms with van der Waals surface area (Å²) in [6.07, 6.45) is 31.1. The number of aromatic hydroxyl groups is 3. The Morgan fingerprint density at radius 3 is 0.978 bits per heavy atom. The lowest BCUT2D eigenvalue weighted by atomic mass is 9.64. The van der Waals surface area contributed by atoms with Crippen LogP contribution in [-0.4, -0.2) is 131 Å². The van der Waals surface area contributed by atoms with E-state index in [-0.39, 0.29) is 111 Å². The molecular weight excluding hydrogens is 1680 g/mol. The number of phenols is 3. The minimum absolute atomic E-state index is 0. The van der Waals surface area contributed by atoms with Crippen molar-refractivity contribution in [1.29, 1.82) is 0 Å². The maximum Gasteiger partial charge on any atom is 0.306 e. The summed E-state index contributed by atoms with van der Waals surface area (Å²) in [6.45, 7) is 80.4. The summed E-state index contributed by atoms with van der Waals surface area (Å²) in [5.41, 5.74) is 8.18. The van der Waals surface area contributed by atoms with Gasteiger partial charge < -0.3 is 59.5 Å². The fourth-order valence-electron chi connectivity index (χ4n) is 22.5. The van der Waals surface area contributed by atoms with Crippen LogP contribution < -0.4 is 5.32 Å². The molecular formula is C116H203N3O15. The van der Waals surface area contributed by atoms with Gasteiger partial charge in [0.2, 0.25) is 0 Å². The molecule has 0 atom stereocenters. The van der Waals surface area contributed by atoms with E-state index in [9.17, 15) is 44.9 Å². The molecule has 0 spiro atoms. The number of ether oxygens (including phenoxy) is 6. The van der Waals surface area contributed by atoms with Crippen LogP contribution in [0.2, 0.25) is 0 Å². The SMILES string of the molecule is CC1(C)CC(OC(=O)CCC(=O)OC2CC(C)(C)N(O)C(C)(C)C2)CC(C)(C)N1O.CC1(C)CC(OC(=O)CCCCCCCCC(=O)OC2CC(C)(C)NC(C)(C)C2)CC(C)(C)C1.CCCC1CCC(c2cc(C(C)(C)C)c(O)c(C(C)(C)C)c2)CC1.CCCC1COC(c2cc(C(C)(C)C)c(O)c(C(C)(C)C)c2)OC1.CCCCCCCc1cc(C(C)(C)C)c(O)c(C(C)(C)C)c1.[HH]. The van der Waals surface area contributed by atoms with E-state index in [2.05, 4.69) is 243 Å². The largest absolute Gasteiger partial charge is 0.507 e. The summed E-state index contributed by atoms with van der Waals surface area (Å²) in [4.78, 5) is 49.2. The van der Waals surface area contributed by atoms with Gasteiger partial charge in [-0.1, -0.05) is 268 Å². The molecule has 3 aromatic carbocycles. The number of hydrogen-bond donors (Lipinski definition) is 6. The minimum Gasteiger partial charge on any atom is -0.507 e. The Kier molecular flexibility index (Phi) is 43.5. The number of piperidine rings is 3. The van der Waals surface area contributed by atoms with Crippen molar-refractivity contribution in [3.05, 3.63) is 86.5 Å². The Morgan fingerprint density at radius 1 is 0.366 bits per heavy atom. The predicted octanol–water partition coefficient (Wildman–Crippen LogP) is 30.0. The van der Waals surface area contributed by atoms with Gasteiger partial charge >= 0.3 is 23.9 Å². The molecule has 4 saturated heterocycles. The molecule has 18 nitrogen and oxygen atoms in total. The molecule has 18 heteroatoms. The molecule has 0 bridgehead atoms. The van der Waals surface area contributed by atoms with Crippen molar-refractivity contribution in [3.8, 4) is 17.2 Å². The predicted molar refractivity (Wildman–Crippen MR) is 553 cm³/mol. The van der Waals surface area contributed by atoms with E-state index >= 15 is 0 Å². The van der Waals surface area contributed by atoms with Gasteiger partial charge in [-0.2, -0.15) is 10.1 Å². The first-order valence-electron chi connectivity index (χ1n) is 52.6. The molecule has 2 saturated carbocycles. The van der Waals surface area contributed by atoms with E-state index in [0.717, 1.165) is 142 Å². The average molecular weight is 1880 g/mol. The van der Waals surface area contributed by atoms with Gasteiger partial charge in [0.05, 0.1) is 26.1 Å². The number of unbranched alkanes of at least 4 members (excludes halogenated alkanes) is 9. The molecule has 4 aliphatic heterocycles. The number of hydroxylamine groups is 4. The first-order valence-corrected chi connectivity index (χ1v) is 52.6. The molecule has 6 N–H and O–H groups in total. The van der Waals surface area contributed by atoms with E-state index < -0.39 is 34.1 Å². The Morgan fingerprint density at radius 2 is 0.649 bits per heavy atom.